The largest absolute Gasteiger partial charge is 0.452 e. The fourth-order valence-corrected chi connectivity index (χ4v) is 2.39. The molecule has 0 unspecified atom stereocenters. The van der Waals surface area contributed by atoms with Gasteiger partial charge in [0.2, 0.25) is 5.91 Å². The Balaban J connectivity index is 1.77. The maximum Gasteiger partial charge on any atom is 0.338 e. The Kier molecular flexibility index (Phi) is 6.91. The van der Waals surface area contributed by atoms with Gasteiger partial charge in [0.15, 0.2) is 6.61 Å². The van der Waals surface area contributed by atoms with Crippen molar-refractivity contribution in [3.63, 3.8) is 0 Å². The minimum Gasteiger partial charge on any atom is -0.452 e. The van der Waals surface area contributed by atoms with Crippen molar-refractivity contribution in [1.82, 2.24) is 5.32 Å². The zero-order chi connectivity index (χ0) is 18.9. The molecule has 0 aromatic heterocycles. The quantitative estimate of drug-likeness (QED) is 0.748. The van der Waals surface area contributed by atoms with E-state index in [1.165, 1.54) is 0 Å². The first kappa shape index (κ1) is 19.2. The van der Waals surface area contributed by atoms with E-state index in [9.17, 15) is 14.4 Å². The standard InChI is InChI=1S/C20H22N2O4/c1-3-15-9-5-7-11-17(15)22-18(23)12-21-19(24)13-26-20(25)16-10-6-4-8-14(16)2/h4-11H,3,12-13H2,1-2H3,(H,21,24)(H,22,23). The van der Waals surface area contributed by atoms with Crippen LogP contribution in [0.1, 0.15) is 28.4 Å². The third-order valence-corrected chi connectivity index (χ3v) is 3.82. The van der Waals surface area contributed by atoms with Crippen molar-refractivity contribution < 1.29 is 19.1 Å². The zero-order valence-electron chi connectivity index (χ0n) is 14.9. The van der Waals surface area contributed by atoms with Gasteiger partial charge in [-0.25, -0.2) is 4.79 Å². The number of rotatable bonds is 7. The Hall–Kier alpha value is -3.15. The van der Waals surface area contributed by atoms with Crippen molar-refractivity contribution in [3.05, 3.63) is 65.2 Å². The summed E-state index contributed by atoms with van der Waals surface area (Å²) in [7, 11) is 0. The van der Waals surface area contributed by atoms with Gasteiger partial charge in [-0.05, 0) is 36.6 Å². The number of hydrogen-bond donors (Lipinski definition) is 2. The molecule has 0 spiro atoms. The average molecular weight is 354 g/mol. The van der Waals surface area contributed by atoms with Gasteiger partial charge in [0.1, 0.15) is 0 Å². The van der Waals surface area contributed by atoms with Gasteiger partial charge in [-0.3, -0.25) is 9.59 Å². The average Bonchev–Trinajstić information content (AvgIpc) is 2.65. The van der Waals surface area contributed by atoms with Crippen LogP contribution in [0.2, 0.25) is 0 Å². The molecule has 2 aromatic rings. The van der Waals surface area contributed by atoms with Crippen LogP contribution in [0.3, 0.4) is 0 Å². The van der Waals surface area contributed by atoms with Crippen molar-refractivity contribution in [1.29, 1.82) is 0 Å². The number of aryl methyl sites for hydroxylation is 2. The molecule has 26 heavy (non-hydrogen) atoms. The number of nitrogens with one attached hydrogen (secondary N) is 2. The van der Waals surface area contributed by atoms with Gasteiger partial charge in [0, 0.05) is 5.69 Å². The SMILES string of the molecule is CCc1ccccc1NC(=O)CNC(=O)COC(=O)c1ccccc1C. The van der Waals surface area contributed by atoms with Crippen LogP contribution in [-0.4, -0.2) is 30.9 Å². The summed E-state index contributed by atoms with van der Waals surface area (Å²) in [6.07, 6.45) is 0.789. The third kappa shape index (κ3) is 5.44. The molecular weight excluding hydrogens is 332 g/mol. The van der Waals surface area contributed by atoms with E-state index in [2.05, 4.69) is 10.6 Å². The van der Waals surface area contributed by atoms with E-state index in [0.29, 0.717) is 5.56 Å². The lowest BCUT2D eigenvalue weighted by Crippen LogP contribution is -2.35. The highest BCUT2D eigenvalue weighted by Gasteiger charge is 2.13. The number of ether oxygens (including phenoxy) is 1. The van der Waals surface area contributed by atoms with E-state index in [1.807, 2.05) is 37.3 Å². The number of amides is 2. The number of carbonyl (C=O) groups is 3. The van der Waals surface area contributed by atoms with E-state index in [-0.39, 0.29) is 12.5 Å². The molecule has 0 radical (unpaired) electrons. The summed E-state index contributed by atoms with van der Waals surface area (Å²) in [5.74, 6) is -1.45. The number of carbonyl (C=O) groups excluding carboxylic acids is 3. The molecule has 0 saturated heterocycles. The van der Waals surface area contributed by atoms with Gasteiger partial charge >= 0.3 is 5.97 Å². The van der Waals surface area contributed by atoms with Crippen LogP contribution in [0.15, 0.2) is 48.5 Å². The van der Waals surface area contributed by atoms with Crippen molar-refractivity contribution in [3.8, 4) is 0 Å². The Morgan fingerprint density at radius 2 is 1.65 bits per heavy atom. The molecule has 2 rings (SSSR count). The normalized spacial score (nSPS) is 10.1. The van der Waals surface area contributed by atoms with Gasteiger partial charge in [-0.2, -0.15) is 0 Å². The molecule has 0 aliphatic rings. The first-order chi connectivity index (χ1) is 12.5. The predicted octanol–water partition coefficient (Wildman–Crippen LogP) is 2.47. The van der Waals surface area contributed by atoms with Gasteiger partial charge < -0.3 is 15.4 Å². The van der Waals surface area contributed by atoms with Crippen LogP contribution in [0.25, 0.3) is 0 Å². The summed E-state index contributed by atoms with van der Waals surface area (Å²) in [6.45, 7) is 3.15. The van der Waals surface area contributed by atoms with Crippen molar-refractivity contribution in [2.45, 2.75) is 20.3 Å². The summed E-state index contributed by atoms with van der Waals surface area (Å²) >= 11 is 0. The Morgan fingerprint density at radius 1 is 0.962 bits per heavy atom. The molecule has 0 heterocycles. The minimum absolute atomic E-state index is 0.196. The van der Waals surface area contributed by atoms with Crippen molar-refractivity contribution >= 4 is 23.5 Å². The van der Waals surface area contributed by atoms with E-state index in [4.69, 9.17) is 4.74 Å². The smallest absolute Gasteiger partial charge is 0.338 e. The number of hydrogen-bond acceptors (Lipinski definition) is 4. The van der Waals surface area contributed by atoms with E-state index < -0.39 is 18.5 Å². The summed E-state index contributed by atoms with van der Waals surface area (Å²) in [4.78, 5) is 35.7. The molecule has 0 fully saturated rings. The molecule has 6 nitrogen and oxygen atoms in total. The highest BCUT2D eigenvalue weighted by molar-refractivity contribution is 5.96. The molecule has 2 aromatic carbocycles. The molecule has 2 N–H and O–H groups in total. The Bertz CT molecular complexity index is 802. The zero-order valence-corrected chi connectivity index (χ0v) is 14.9. The lowest BCUT2D eigenvalue weighted by atomic mass is 10.1. The van der Waals surface area contributed by atoms with E-state index in [1.54, 1.807) is 25.1 Å². The molecular formula is C20H22N2O4. The number of anilines is 1. The van der Waals surface area contributed by atoms with Crippen LogP contribution in [0, 0.1) is 6.92 Å². The summed E-state index contributed by atoms with van der Waals surface area (Å²) in [5.41, 5.74) is 2.92. The van der Waals surface area contributed by atoms with Crippen LogP contribution in [0.4, 0.5) is 5.69 Å². The maximum atomic E-state index is 12.0. The van der Waals surface area contributed by atoms with Gasteiger partial charge in [0.05, 0.1) is 12.1 Å². The first-order valence-electron chi connectivity index (χ1n) is 8.38. The predicted molar refractivity (Wildman–Crippen MR) is 98.9 cm³/mol. The monoisotopic (exact) mass is 354 g/mol. The summed E-state index contributed by atoms with van der Waals surface area (Å²) in [5, 5.41) is 5.19. The number of para-hydroxylation sites is 1. The van der Waals surface area contributed by atoms with Crippen LogP contribution < -0.4 is 10.6 Å². The fraction of sp³-hybridized carbons (Fsp3) is 0.250. The molecule has 0 bridgehead atoms. The van der Waals surface area contributed by atoms with Crippen molar-refractivity contribution in [2.24, 2.45) is 0 Å². The second-order valence-electron chi connectivity index (χ2n) is 5.73. The highest BCUT2D eigenvalue weighted by atomic mass is 16.5. The Labute approximate surface area is 152 Å². The molecule has 0 saturated carbocycles. The molecule has 2 amide bonds. The topological polar surface area (TPSA) is 84.5 Å². The molecule has 6 heteroatoms. The van der Waals surface area contributed by atoms with Gasteiger partial charge in [0.25, 0.3) is 5.91 Å². The molecule has 0 atom stereocenters. The first-order valence-corrected chi connectivity index (χ1v) is 8.38. The van der Waals surface area contributed by atoms with E-state index >= 15 is 0 Å². The van der Waals surface area contributed by atoms with Crippen LogP contribution >= 0.6 is 0 Å². The second-order valence-corrected chi connectivity index (χ2v) is 5.73. The summed E-state index contributed by atoms with van der Waals surface area (Å²) < 4.78 is 4.98. The lowest BCUT2D eigenvalue weighted by molar-refractivity contribution is -0.126. The van der Waals surface area contributed by atoms with Crippen LogP contribution in [-0.2, 0) is 20.7 Å². The highest BCUT2D eigenvalue weighted by Crippen LogP contribution is 2.15. The van der Waals surface area contributed by atoms with Gasteiger partial charge in [-0.1, -0.05) is 43.3 Å². The van der Waals surface area contributed by atoms with Gasteiger partial charge in [-0.15, -0.1) is 0 Å². The third-order valence-electron chi connectivity index (χ3n) is 3.82. The van der Waals surface area contributed by atoms with Crippen molar-refractivity contribution in [2.75, 3.05) is 18.5 Å². The minimum atomic E-state index is -0.570. The maximum absolute atomic E-state index is 12.0. The Morgan fingerprint density at radius 3 is 2.38 bits per heavy atom. The number of benzene rings is 2. The summed E-state index contributed by atoms with van der Waals surface area (Å²) in [6, 6.07) is 14.4. The molecule has 0 aliphatic carbocycles. The molecule has 0 aliphatic heterocycles. The van der Waals surface area contributed by atoms with E-state index in [0.717, 1.165) is 23.2 Å². The fourth-order valence-electron chi connectivity index (χ4n) is 2.39. The number of esters is 1. The lowest BCUT2D eigenvalue weighted by Gasteiger charge is -2.10. The van der Waals surface area contributed by atoms with Crippen LogP contribution in [0.5, 0.6) is 0 Å². The molecule has 136 valence electrons. The second kappa shape index (κ2) is 9.36.